The van der Waals surface area contributed by atoms with Gasteiger partial charge < -0.3 is 15.4 Å². The number of hydrogen-bond acceptors (Lipinski definition) is 3. The van der Waals surface area contributed by atoms with Crippen LogP contribution < -0.4 is 15.4 Å². The Labute approximate surface area is 142 Å². The standard InChI is InChI=1S/C19H22N2O3/c1-3-24-17-11-4-14(5-12-17)6-13-18(22)21-16-9-7-15(8-10-16)19(23)20-2/h4-5,7-12H,3,6,13H2,1-2H3,(H,20,23)(H,21,22). The third-order valence-corrected chi connectivity index (χ3v) is 3.53. The molecule has 0 atom stereocenters. The van der Waals surface area contributed by atoms with Crippen LogP contribution in [0.3, 0.4) is 0 Å². The highest BCUT2D eigenvalue weighted by Gasteiger charge is 2.06. The largest absolute Gasteiger partial charge is 0.494 e. The molecular formula is C19H22N2O3. The van der Waals surface area contributed by atoms with Gasteiger partial charge in [-0.25, -0.2) is 0 Å². The minimum absolute atomic E-state index is 0.0587. The maximum Gasteiger partial charge on any atom is 0.251 e. The lowest BCUT2D eigenvalue weighted by Gasteiger charge is -2.07. The molecule has 2 amide bonds. The van der Waals surface area contributed by atoms with Crippen molar-refractivity contribution < 1.29 is 14.3 Å². The maximum absolute atomic E-state index is 12.0. The van der Waals surface area contributed by atoms with Crippen LogP contribution >= 0.6 is 0 Å². The summed E-state index contributed by atoms with van der Waals surface area (Å²) in [4.78, 5) is 23.5. The number of hydrogen-bond donors (Lipinski definition) is 2. The van der Waals surface area contributed by atoms with Gasteiger partial charge in [-0.15, -0.1) is 0 Å². The summed E-state index contributed by atoms with van der Waals surface area (Å²) in [6.07, 6.45) is 1.06. The number of carbonyl (C=O) groups excluding carboxylic acids is 2. The van der Waals surface area contributed by atoms with Gasteiger partial charge >= 0.3 is 0 Å². The zero-order valence-electron chi connectivity index (χ0n) is 14.0. The number of carbonyl (C=O) groups is 2. The Morgan fingerprint density at radius 1 is 1.00 bits per heavy atom. The van der Waals surface area contributed by atoms with E-state index < -0.39 is 0 Å². The van der Waals surface area contributed by atoms with Crippen LogP contribution in [-0.2, 0) is 11.2 Å². The molecule has 2 N–H and O–H groups in total. The van der Waals surface area contributed by atoms with E-state index >= 15 is 0 Å². The van der Waals surface area contributed by atoms with Crippen molar-refractivity contribution >= 4 is 17.5 Å². The van der Waals surface area contributed by atoms with Crippen LogP contribution in [0.1, 0.15) is 29.3 Å². The lowest BCUT2D eigenvalue weighted by molar-refractivity contribution is -0.116. The monoisotopic (exact) mass is 326 g/mol. The molecule has 5 nitrogen and oxygen atoms in total. The predicted molar refractivity (Wildman–Crippen MR) is 94.4 cm³/mol. The molecule has 0 aliphatic carbocycles. The first-order valence-electron chi connectivity index (χ1n) is 7.96. The highest BCUT2D eigenvalue weighted by atomic mass is 16.5. The second kappa shape index (κ2) is 8.72. The van der Waals surface area contributed by atoms with Gasteiger partial charge in [0.05, 0.1) is 6.61 Å². The molecule has 0 heterocycles. The zero-order chi connectivity index (χ0) is 17.4. The van der Waals surface area contributed by atoms with Crippen molar-refractivity contribution in [2.75, 3.05) is 19.0 Å². The van der Waals surface area contributed by atoms with Crippen molar-refractivity contribution in [3.63, 3.8) is 0 Å². The molecule has 0 saturated heterocycles. The number of rotatable bonds is 7. The molecule has 126 valence electrons. The summed E-state index contributed by atoms with van der Waals surface area (Å²) in [7, 11) is 1.58. The molecule has 0 aliphatic rings. The number of amides is 2. The predicted octanol–water partition coefficient (Wildman–Crippen LogP) is 3.02. The summed E-state index contributed by atoms with van der Waals surface area (Å²) in [6.45, 7) is 2.58. The summed E-state index contributed by atoms with van der Waals surface area (Å²) in [5.41, 5.74) is 2.33. The van der Waals surface area contributed by atoms with Crippen LogP contribution in [0, 0.1) is 0 Å². The number of ether oxygens (including phenoxy) is 1. The van der Waals surface area contributed by atoms with E-state index in [2.05, 4.69) is 10.6 Å². The normalized spacial score (nSPS) is 10.1. The van der Waals surface area contributed by atoms with Crippen molar-refractivity contribution in [2.45, 2.75) is 19.8 Å². The van der Waals surface area contributed by atoms with Crippen molar-refractivity contribution in [2.24, 2.45) is 0 Å². The van der Waals surface area contributed by atoms with Crippen molar-refractivity contribution in [1.29, 1.82) is 0 Å². The Kier molecular flexibility index (Phi) is 6.37. The van der Waals surface area contributed by atoms with Gasteiger partial charge in [0.1, 0.15) is 5.75 Å². The average molecular weight is 326 g/mol. The second-order valence-electron chi connectivity index (χ2n) is 5.28. The van der Waals surface area contributed by atoms with Gasteiger partial charge in [-0.1, -0.05) is 12.1 Å². The quantitative estimate of drug-likeness (QED) is 0.822. The van der Waals surface area contributed by atoms with E-state index in [1.165, 1.54) is 0 Å². The first kappa shape index (κ1) is 17.5. The van der Waals surface area contributed by atoms with Gasteiger partial charge in [0, 0.05) is 24.7 Å². The highest BCUT2D eigenvalue weighted by Crippen LogP contribution is 2.14. The molecule has 0 aliphatic heterocycles. The fraction of sp³-hybridized carbons (Fsp3) is 0.263. The van der Waals surface area contributed by atoms with Gasteiger partial charge in [-0.3, -0.25) is 9.59 Å². The van der Waals surface area contributed by atoms with Crippen LogP contribution in [0.2, 0.25) is 0 Å². The van der Waals surface area contributed by atoms with Gasteiger partial charge in [0.25, 0.3) is 5.91 Å². The first-order chi connectivity index (χ1) is 11.6. The molecule has 5 heteroatoms. The first-order valence-corrected chi connectivity index (χ1v) is 7.96. The third-order valence-electron chi connectivity index (χ3n) is 3.53. The van der Waals surface area contributed by atoms with E-state index in [1.807, 2.05) is 31.2 Å². The Morgan fingerprint density at radius 3 is 2.25 bits per heavy atom. The molecule has 24 heavy (non-hydrogen) atoms. The molecule has 0 unspecified atom stereocenters. The molecule has 2 aromatic carbocycles. The molecule has 0 spiro atoms. The van der Waals surface area contributed by atoms with E-state index in [-0.39, 0.29) is 11.8 Å². The Bertz CT molecular complexity index is 679. The molecule has 0 radical (unpaired) electrons. The Hall–Kier alpha value is -2.82. The van der Waals surface area contributed by atoms with E-state index in [0.29, 0.717) is 30.7 Å². The van der Waals surface area contributed by atoms with Crippen molar-refractivity contribution in [1.82, 2.24) is 5.32 Å². The Balaban J connectivity index is 1.83. The van der Waals surface area contributed by atoms with Gasteiger partial charge in [0.2, 0.25) is 5.91 Å². The minimum atomic E-state index is -0.150. The summed E-state index contributed by atoms with van der Waals surface area (Å²) in [5.74, 6) is 0.627. The highest BCUT2D eigenvalue weighted by molar-refractivity contribution is 5.95. The molecule has 0 fully saturated rings. The number of benzene rings is 2. The lowest BCUT2D eigenvalue weighted by Crippen LogP contribution is -2.18. The smallest absolute Gasteiger partial charge is 0.251 e. The minimum Gasteiger partial charge on any atom is -0.494 e. The Morgan fingerprint density at radius 2 is 1.67 bits per heavy atom. The fourth-order valence-electron chi connectivity index (χ4n) is 2.25. The summed E-state index contributed by atoms with van der Waals surface area (Å²) in [5, 5.41) is 5.39. The number of nitrogens with one attached hydrogen (secondary N) is 2. The molecule has 0 bridgehead atoms. The van der Waals surface area contributed by atoms with Crippen LogP contribution in [0.4, 0.5) is 5.69 Å². The summed E-state index contributed by atoms with van der Waals surface area (Å²) in [6, 6.07) is 14.6. The van der Waals surface area contributed by atoms with E-state index in [9.17, 15) is 9.59 Å². The molecular weight excluding hydrogens is 304 g/mol. The van der Waals surface area contributed by atoms with Gasteiger partial charge in [-0.05, 0) is 55.3 Å². The number of aryl methyl sites for hydroxylation is 1. The molecule has 2 aromatic rings. The van der Waals surface area contributed by atoms with E-state index in [1.54, 1.807) is 31.3 Å². The molecule has 0 saturated carbocycles. The van der Waals surface area contributed by atoms with Crippen LogP contribution in [0.25, 0.3) is 0 Å². The lowest BCUT2D eigenvalue weighted by atomic mass is 10.1. The SMILES string of the molecule is CCOc1ccc(CCC(=O)Nc2ccc(C(=O)NC)cc2)cc1. The average Bonchev–Trinajstić information content (AvgIpc) is 2.61. The molecule has 0 aromatic heterocycles. The summed E-state index contributed by atoms with van der Waals surface area (Å²) < 4.78 is 5.39. The topological polar surface area (TPSA) is 67.4 Å². The van der Waals surface area contributed by atoms with Gasteiger partial charge in [-0.2, -0.15) is 0 Å². The third kappa shape index (κ3) is 5.12. The van der Waals surface area contributed by atoms with Crippen LogP contribution in [0.15, 0.2) is 48.5 Å². The fourth-order valence-corrected chi connectivity index (χ4v) is 2.25. The van der Waals surface area contributed by atoms with E-state index in [0.717, 1.165) is 11.3 Å². The van der Waals surface area contributed by atoms with Crippen molar-refractivity contribution in [3.8, 4) is 5.75 Å². The maximum atomic E-state index is 12.0. The molecule has 2 rings (SSSR count). The van der Waals surface area contributed by atoms with Crippen molar-refractivity contribution in [3.05, 3.63) is 59.7 Å². The van der Waals surface area contributed by atoms with Crippen LogP contribution in [-0.4, -0.2) is 25.5 Å². The van der Waals surface area contributed by atoms with Crippen LogP contribution in [0.5, 0.6) is 5.75 Å². The number of anilines is 1. The second-order valence-corrected chi connectivity index (χ2v) is 5.28. The van der Waals surface area contributed by atoms with Gasteiger partial charge in [0.15, 0.2) is 0 Å². The summed E-state index contributed by atoms with van der Waals surface area (Å²) >= 11 is 0. The zero-order valence-corrected chi connectivity index (χ0v) is 14.0. The van der Waals surface area contributed by atoms with E-state index in [4.69, 9.17) is 4.74 Å².